The number of nitrogens with one attached hydrogen (secondary N) is 1. The highest BCUT2D eigenvalue weighted by Gasteiger charge is 2.27. The predicted molar refractivity (Wildman–Crippen MR) is 85.5 cm³/mol. The standard InChI is InChI=1S/C16H23FN2OS/c17-14-5-2-12(3-6-14)11-21-9-1-8-19-16(20)13-4-7-15(18)10-13/h2-3,5-6,13,15H,1,4,7-11,18H2,(H,19,20)/t13-,15+/m0/s1. The van der Waals surface area contributed by atoms with E-state index in [4.69, 9.17) is 5.73 Å². The Morgan fingerprint density at radius 2 is 2.10 bits per heavy atom. The molecule has 1 aliphatic rings. The van der Waals surface area contributed by atoms with Crippen molar-refractivity contribution in [3.05, 3.63) is 35.6 Å². The summed E-state index contributed by atoms with van der Waals surface area (Å²) in [5.41, 5.74) is 6.95. The highest BCUT2D eigenvalue weighted by Crippen LogP contribution is 2.24. The van der Waals surface area contributed by atoms with Gasteiger partial charge in [0, 0.05) is 24.3 Å². The quantitative estimate of drug-likeness (QED) is 0.761. The van der Waals surface area contributed by atoms with Gasteiger partial charge in [0.15, 0.2) is 0 Å². The largest absolute Gasteiger partial charge is 0.356 e. The topological polar surface area (TPSA) is 55.1 Å². The third-order valence-electron chi connectivity index (χ3n) is 3.79. The molecule has 2 rings (SSSR count). The fourth-order valence-corrected chi connectivity index (χ4v) is 3.48. The second kappa shape index (κ2) is 8.39. The number of thioether (sulfide) groups is 1. The number of halogens is 1. The number of carbonyl (C=O) groups excluding carboxylic acids is 1. The van der Waals surface area contributed by atoms with Crippen molar-refractivity contribution in [1.29, 1.82) is 0 Å². The lowest BCUT2D eigenvalue weighted by molar-refractivity contribution is -0.124. The molecule has 1 amide bonds. The van der Waals surface area contributed by atoms with Gasteiger partial charge in [0.25, 0.3) is 0 Å². The maximum absolute atomic E-state index is 12.7. The van der Waals surface area contributed by atoms with Crippen molar-refractivity contribution in [3.8, 4) is 0 Å². The highest BCUT2D eigenvalue weighted by molar-refractivity contribution is 7.98. The van der Waals surface area contributed by atoms with Gasteiger partial charge >= 0.3 is 0 Å². The van der Waals surface area contributed by atoms with E-state index < -0.39 is 0 Å². The van der Waals surface area contributed by atoms with E-state index in [1.807, 2.05) is 12.1 Å². The Morgan fingerprint density at radius 3 is 2.76 bits per heavy atom. The van der Waals surface area contributed by atoms with E-state index in [1.54, 1.807) is 11.8 Å². The van der Waals surface area contributed by atoms with Crippen molar-refractivity contribution in [3.63, 3.8) is 0 Å². The molecule has 0 bridgehead atoms. The van der Waals surface area contributed by atoms with Crippen LogP contribution in [-0.4, -0.2) is 24.2 Å². The number of hydrogen-bond donors (Lipinski definition) is 2. The molecule has 0 aliphatic heterocycles. The summed E-state index contributed by atoms with van der Waals surface area (Å²) >= 11 is 1.80. The summed E-state index contributed by atoms with van der Waals surface area (Å²) in [7, 11) is 0. The van der Waals surface area contributed by atoms with Crippen molar-refractivity contribution >= 4 is 17.7 Å². The van der Waals surface area contributed by atoms with E-state index in [0.29, 0.717) is 0 Å². The van der Waals surface area contributed by atoms with Crippen molar-refractivity contribution in [2.45, 2.75) is 37.5 Å². The van der Waals surface area contributed by atoms with Crippen LogP contribution in [0.25, 0.3) is 0 Å². The summed E-state index contributed by atoms with van der Waals surface area (Å²) < 4.78 is 12.7. The van der Waals surface area contributed by atoms with Crippen LogP contribution in [-0.2, 0) is 10.5 Å². The Balaban J connectivity index is 1.52. The monoisotopic (exact) mass is 310 g/mol. The van der Waals surface area contributed by atoms with Gasteiger partial charge in [0.2, 0.25) is 5.91 Å². The number of nitrogens with two attached hydrogens (primary N) is 1. The number of carbonyl (C=O) groups is 1. The molecule has 5 heteroatoms. The maximum Gasteiger partial charge on any atom is 0.223 e. The number of amides is 1. The van der Waals surface area contributed by atoms with Gasteiger partial charge in [-0.3, -0.25) is 4.79 Å². The molecule has 0 radical (unpaired) electrons. The van der Waals surface area contributed by atoms with Gasteiger partial charge in [0.05, 0.1) is 0 Å². The van der Waals surface area contributed by atoms with Crippen LogP contribution in [0.15, 0.2) is 24.3 Å². The first-order valence-corrected chi connectivity index (χ1v) is 8.66. The van der Waals surface area contributed by atoms with Crippen molar-refractivity contribution in [2.24, 2.45) is 11.7 Å². The van der Waals surface area contributed by atoms with E-state index in [1.165, 1.54) is 12.1 Å². The van der Waals surface area contributed by atoms with Crippen LogP contribution in [0.2, 0.25) is 0 Å². The van der Waals surface area contributed by atoms with E-state index in [-0.39, 0.29) is 23.7 Å². The van der Waals surface area contributed by atoms with Gasteiger partial charge < -0.3 is 11.1 Å². The third-order valence-corrected chi connectivity index (χ3v) is 4.91. The minimum absolute atomic E-state index is 0.117. The molecule has 1 saturated carbocycles. The van der Waals surface area contributed by atoms with Crippen LogP contribution in [0.3, 0.4) is 0 Å². The lowest BCUT2D eigenvalue weighted by atomic mass is 10.1. The molecule has 21 heavy (non-hydrogen) atoms. The molecule has 3 N–H and O–H groups in total. The third kappa shape index (κ3) is 5.67. The van der Waals surface area contributed by atoms with Gasteiger partial charge in [-0.15, -0.1) is 0 Å². The number of benzene rings is 1. The van der Waals surface area contributed by atoms with Crippen molar-refractivity contribution in [2.75, 3.05) is 12.3 Å². The SMILES string of the molecule is N[C@@H]1CC[C@H](C(=O)NCCCSCc2ccc(F)cc2)C1. The minimum Gasteiger partial charge on any atom is -0.356 e. The van der Waals surface area contributed by atoms with Crippen LogP contribution < -0.4 is 11.1 Å². The second-order valence-electron chi connectivity index (χ2n) is 5.59. The van der Waals surface area contributed by atoms with E-state index in [0.717, 1.165) is 49.3 Å². The van der Waals surface area contributed by atoms with Crippen LogP contribution in [0.1, 0.15) is 31.2 Å². The van der Waals surface area contributed by atoms with Gasteiger partial charge in [-0.2, -0.15) is 11.8 Å². The Hall–Kier alpha value is -1.07. The van der Waals surface area contributed by atoms with Gasteiger partial charge in [0.1, 0.15) is 5.82 Å². The summed E-state index contributed by atoms with van der Waals surface area (Å²) in [5, 5.41) is 2.99. The van der Waals surface area contributed by atoms with Crippen LogP contribution in [0.5, 0.6) is 0 Å². The molecule has 1 aliphatic carbocycles. The molecule has 1 aromatic carbocycles. The summed E-state index contributed by atoms with van der Waals surface area (Å²) in [6, 6.07) is 6.80. The van der Waals surface area contributed by atoms with Gasteiger partial charge in [-0.05, 0) is 49.1 Å². The lowest BCUT2D eigenvalue weighted by Crippen LogP contribution is -2.31. The molecule has 1 fully saturated rings. The van der Waals surface area contributed by atoms with E-state index in [9.17, 15) is 9.18 Å². The van der Waals surface area contributed by atoms with Crippen LogP contribution in [0, 0.1) is 11.7 Å². The maximum atomic E-state index is 12.7. The Morgan fingerprint density at radius 1 is 1.33 bits per heavy atom. The van der Waals surface area contributed by atoms with Crippen LogP contribution >= 0.6 is 11.8 Å². The molecule has 0 aromatic heterocycles. The fourth-order valence-electron chi connectivity index (χ4n) is 2.56. The normalized spacial score (nSPS) is 21.4. The minimum atomic E-state index is -0.196. The average Bonchev–Trinajstić information content (AvgIpc) is 2.91. The van der Waals surface area contributed by atoms with Gasteiger partial charge in [-0.1, -0.05) is 12.1 Å². The lowest BCUT2D eigenvalue weighted by Gasteiger charge is -2.10. The molecule has 0 heterocycles. The second-order valence-corrected chi connectivity index (χ2v) is 6.70. The van der Waals surface area contributed by atoms with E-state index in [2.05, 4.69) is 5.32 Å². The Labute approximate surface area is 129 Å². The highest BCUT2D eigenvalue weighted by atomic mass is 32.2. The first-order valence-electron chi connectivity index (χ1n) is 7.50. The number of rotatable bonds is 7. The fraction of sp³-hybridized carbons (Fsp3) is 0.562. The Bertz CT molecular complexity index is 452. The van der Waals surface area contributed by atoms with E-state index >= 15 is 0 Å². The molecule has 2 atom stereocenters. The smallest absolute Gasteiger partial charge is 0.223 e. The average molecular weight is 310 g/mol. The molecular formula is C16H23FN2OS. The Kier molecular flexibility index (Phi) is 6.51. The zero-order valence-corrected chi connectivity index (χ0v) is 13.0. The van der Waals surface area contributed by atoms with Crippen LogP contribution in [0.4, 0.5) is 4.39 Å². The molecule has 116 valence electrons. The first kappa shape index (κ1) is 16.3. The molecule has 3 nitrogen and oxygen atoms in total. The summed E-state index contributed by atoms with van der Waals surface area (Å²) in [6.07, 6.45) is 3.67. The molecular weight excluding hydrogens is 287 g/mol. The summed E-state index contributed by atoms with van der Waals surface area (Å²) in [4.78, 5) is 11.9. The van der Waals surface area contributed by atoms with Crippen molar-refractivity contribution in [1.82, 2.24) is 5.32 Å². The summed E-state index contributed by atoms with van der Waals surface area (Å²) in [6.45, 7) is 0.723. The first-order chi connectivity index (χ1) is 10.1. The molecule has 0 spiro atoms. The zero-order valence-electron chi connectivity index (χ0n) is 12.2. The van der Waals surface area contributed by atoms with Gasteiger partial charge in [-0.25, -0.2) is 4.39 Å². The molecule has 1 aromatic rings. The summed E-state index contributed by atoms with van der Waals surface area (Å²) in [5.74, 6) is 1.95. The number of hydrogen-bond acceptors (Lipinski definition) is 3. The zero-order chi connectivity index (χ0) is 15.1. The molecule has 0 unspecified atom stereocenters. The van der Waals surface area contributed by atoms with Crippen molar-refractivity contribution < 1.29 is 9.18 Å². The predicted octanol–water partition coefficient (Wildman–Crippen LogP) is 2.69. The molecule has 0 saturated heterocycles.